The molecule has 0 spiro atoms. The Morgan fingerprint density at radius 2 is 2.21 bits per heavy atom. The van der Waals surface area contributed by atoms with E-state index in [0.29, 0.717) is 38.9 Å². The van der Waals surface area contributed by atoms with Crippen LogP contribution < -0.4 is 0 Å². The van der Waals surface area contributed by atoms with Crippen molar-refractivity contribution in [1.82, 2.24) is 4.90 Å². The summed E-state index contributed by atoms with van der Waals surface area (Å²) in [7, 11) is 1.59. The van der Waals surface area contributed by atoms with Gasteiger partial charge in [-0.25, -0.2) is 0 Å². The maximum Gasteiger partial charge on any atom is 0.266 e. The zero-order valence-corrected chi connectivity index (χ0v) is 15.2. The van der Waals surface area contributed by atoms with Gasteiger partial charge in [0.15, 0.2) is 0 Å². The Balaban J connectivity index is 1.80. The van der Waals surface area contributed by atoms with Crippen LogP contribution in [0, 0.1) is 0 Å². The summed E-state index contributed by atoms with van der Waals surface area (Å²) in [4.78, 5) is 14.5. The second-order valence-corrected chi connectivity index (χ2v) is 7.15. The third kappa shape index (κ3) is 3.72. The van der Waals surface area contributed by atoms with E-state index >= 15 is 0 Å². The number of thiocarbonyl (C=S) groups is 1. The van der Waals surface area contributed by atoms with Crippen molar-refractivity contribution in [3.05, 3.63) is 52.1 Å². The quantitative estimate of drug-likeness (QED) is 0.567. The summed E-state index contributed by atoms with van der Waals surface area (Å²) in [6.07, 6.45) is 1.71. The first-order valence-corrected chi connectivity index (χ1v) is 8.79. The van der Waals surface area contributed by atoms with Gasteiger partial charge in [0.25, 0.3) is 5.91 Å². The van der Waals surface area contributed by atoms with E-state index < -0.39 is 0 Å². The summed E-state index contributed by atoms with van der Waals surface area (Å²) >= 11 is 12.5. The molecule has 24 heavy (non-hydrogen) atoms. The molecule has 124 valence electrons. The number of nitrogens with zero attached hydrogens (tertiary/aromatic N) is 1. The highest BCUT2D eigenvalue weighted by molar-refractivity contribution is 8.26. The number of thioether (sulfide) groups is 1. The van der Waals surface area contributed by atoms with Gasteiger partial charge in [0.2, 0.25) is 0 Å². The van der Waals surface area contributed by atoms with E-state index in [0.717, 1.165) is 5.56 Å². The van der Waals surface area contributed by atoms with Crippen LogP contribution in [-0.4, -0.2) is 35.4 Å². The number of ether oxygens (including phenoxy) is 1. The van der Waals surface area contributed by atoms with E-state index in [4.69, 9.17) is 33.0 Å². The van der Waals surface area contributed by atoms with Crippen LogP contribution in [0.2, 0.25) is 5.02 Å². The molecule has 1 aliphatic rings. The topological polar surface area (TPSA) is 42.7 Å². The first-order valence-electron chi connectivity index (χ1n) is 7.18. The van der Waals surface area contributed by atoms with Crippen LogP contribution in [0.3, 0.4) is 0 Å². The number of hydrogen-bond acceptors (Lipinski definition) is 5. The largest absolute Gasteiger partial charge is 0.457 e. The molecule has 2 aromatic rings. The van der Waals surface area contributed by atoms with Crippen LogP contribution in [0.4, 0.5) is 0 Å². The van der Waals surface area contributed by atoms with Crippen molar-refractivity contribution in [3.8, 4) is 11.3 Å². The molecule has 1 amide bonds. The highest BCUT2D eigenvalue weighted by atomic mass is 35.5. The highest BCUT2D eigenvalue weighted by Gasteiger charge is 2.31. The summed E-state index contributed by atoms with van der Waals surface area (Å²) in [5.41, 5.74) is 0.884. The fraction of sp³-hybridized carbons (Fsp3) is 0.176. The maximum absolute atomic E-state index is 12.4. The van der Waals surface area contributed by atoms with Crippen molar-refractivity contribution in [2.45, 2.75) is 0 Å². The van der Waals surface area contributed by atoms with Crippen molar-refractivity contribution in [2.24, 2.45) is 0 Å². The van der Waals surface area contributed by atoms with Gasteiger partial charge in [-0.05, 0) is 24.3 Å². The molecule has 0 bridgehead atoms. The van der Waals surface area contributed by atoms with Crippen LogP contribution >= 0.6 is 35.6 Å². The van der Waals surface area contributed by atoms with Crippen LogP contribution in [-0.2, 0) is 9.53 Å². The molecule has 0 atom stereocenters. The van der Waals surface area contributed by atoms with Crippen molar-refractivity contribution in [1.29, 1.82) is 0 Å². The molecule has 1 aliphatic heterocycles. The normalized spacial score (nSPS) is 16.4. The van der Waals surface area contributed by atoms with Gasteiger partial charge in [0.05, 0.1) is 18.1 Å². The van der Waals surface area contributed by atoms with Crippen molar-refractivity contribution in [2.75, 3.05) is 20.3 Å². The number of carbonyl (C=O) groups is 1. The van der Waals surface area contributed by atoms with E-state index in [-0.39, 0.29) is 5.91 Å². The van der Waals surface area contributed by atoms with Crippen LogP contribution in [0.5, 0.6) is 0 Å². The summed E-state index contributed by atoms with van der Waals surface area (Å²) in [6, 6.07) is 11.1. The van der Waals surface area contributed by atoms with Gasteiger partial charge in [-0.2, -0.15) is 0 Å². The lowest BCUT2D eigenvalue weighted by molar-refractivity contribution is -0.122. The fourth-order valence-electron chi connectivity index (χ4n) is 2.23. The first-order chi connectivity index (χ1) is 11.6. The van der Waals surface area contributed by atoms with Crippen molar-refractivity contribution in [3.63, 3.8) is 0 Å². The second-order valence-electron chi connectivity index (χ2n) is 5.04. The van der Waals surface area contributed by atoms with Gasteiger partial charge in [-0.1, -0.05) is 47.7 Å². The molecular weight excluding hydrogens is 366 g/mol. The SMILES string of the molecule is COCCN1C(=O)/C(=C/c2ccc(-c3cccc(Cl)c3)o2)SC1=S. The summed E-state index contributed by atoms with van der Waals surface area (Å²) in [5, 5.41) is 0.643. The van der Waals surface area contributed by atoms with Crippen molar-refractivity contribution >= 4 is 51.9 Å². The molecule has 0 aliphatic carbocycles. The molecule has 0 radical (unpaired) electrons. The van der Waals surface area contributed by atoms with Gasteiger partial charge >= 0.3 is 0 Å². The number of halogens is 1. The zero-order chi connectivity index (χ0) is 17.1. The lowest BCUT2D eigenvalue weighted by Crippen LogP contribution is -2.31. The summed E-state index contributed by atoms with van der Waals surface area (Å²) in [6.45, 7) is 0.893. The van der Waals surface area contributed by atoms with Gasteiger partial charge in [0, 0.05) is 23.8 Å². The Kier molecular flexibility index (Phi) is 5.40. The van der Waals surface area contributed by atoms with Gasteiger partial charge in [-0.3, -0.25) is 9.69 Å². The standard InChI is InChI=1S/C17H14ClNO3S2/c1-21-8-7-19-16(20)15(24-17(19)23)10-13-5-6-14(22-13)11-3-2-4-12(18)9-11/h2-6,9-10H,7-8H2,1H3/b15-10-. The van der Waals surface area contributed by atoms with Crippen LogP contribution in [0.1, 0.15) is 5.76 Å². The lowest BCUT2D eigenvalue weighted by atomic mass is 10.2. The van der Waals surface area contributed by atoms with Crippen LogP contribution in [0.25, 0.3) is 17.4 Å². The minimum Gasteiger partial charge on any atom is -0.457 e. The number of hydrogen-bond donors (Lipinski definition) is 0. The van der Waals surface area contributed by atoms with E-state index in [1.807, 2.05) is 30.3 Å². The molecule has 7 heteroatoms. The first kappa shape index (κ1) is 17.2. The molecule has 0 saturated carbocycles. The Morgan fingerprint density at radius 3 is 2.96 bits per heavy atom. The minimum absolute atomic E-state index is 0.122. The molecule has 0 N–H and O–H groups in total. The molecule has 0 unspecified atom stereocenters. The predicted octanol–water partition coefficient (Wildman–Crippen LogP) is 4.45. The highest BCUT2D eigenvalue weighted by Crippen LogP contribution is 2.33. The van der Waals surface area contributed by atoms with E-state index in [1.54, 1.807) is 19.3 Å². The molecule has 1 saturated heterocycles. The van der Waals surface area contributed by atoms with Crippen molar-refractivity contribution < 1.29 is 13.9 Å². The third-order valence-electron chi connectivity index (χ3n) is 3.40. The van der Waals surface area contributed by atoms with Gasteiger partial charge in [-0.15, -0.1) is 0 Å². The molecule has 4 nitrogen and oxygen atoms in total. The lowest BCUT2D eigenvalue weighted by Gasteiger charge is -2.12. The van der Waals surface area contributed by atoms with E-state index in [2.05, 4.69) is 0 Å². The Bertz CT molecular complexity index is 816. The number of rotatable bonds is 5. The summed E-state index contributed by atoms with van der Waals surface area (Å²) < 4.78 is 11.3. The Morgan fingerprint density at radius 1 is 1.38 bits per heavy atom. The number of carbonyl (C=O) groups excluding carboxylic acids is 1. The maximum atomic E-state index is 12.4. The zero-order valence-electron chi connectivity index (χ0n) is 12.8. The number of amides is 1. The predicted molar refractivity (Wildman–Crippen MR) is 101 cm³/mol. The molecule has 2 heterocycles. The minimum atomic E-state index is -0.122. The smallest absolute Gasteiger partial charge is 0.266 e. The molecule has 1 aromatic carbocycles. The average Bonchev–Trinajstić information content (AvgIpc) is 3.12. The third-order valence-corrected chi connectivity index (χ3v) is 5.01. The Labute approximate surface area is 154 Å². The van der Waals surface area contributed by atoms with Gasteiger partial charge < -0.3 is 9.15 Å². The number of furan rings is 1. The Hall–Kier alpha value is -1.60. The molecule has 3 rings (SSSR count). The second kappa shape index (κ2) is 7.53. The molecular formula is C17H14ClNO3S2. The summed E-state index contributed by atoms with van der Waals surface area (Å²) in [5.74, 6) is 1.17. The number of benzene rings is 1. The fourth-order valence-corrected chi connectivity index (χ4v) is 3.71. The van der Waals surface area contributed by atoms with Crippen LogP contribution in [0.15, 0.2) is 45.7 Å². The van der Waals surface area contributed by atoms with Gasteiger partial charge in [0.1, 0.15) is 15.8 Å². The van der Waals surface area contributed by atoms with E-state index in [1.165, 1.54) is 16.7 Å². The average molecular weight is 380 g/mol. The number of methoxy groups -OCH3 is 1. The monoisotopic (exact) mass is 379 g/mol. The van der Waals surface area contributed by atoms with E-state index in [9.17, 15) is 4.79 Å². The molecule has 1 fully saturated rings. The molecule has 1 aromatic heterocycles.